The monoisotopic (exact) mass is 457 g/mol. The molecule has 178 valence electrons. The molecule has 0 spiro atoms. The number of methoxy groups -OCH3 is 1. The van der Waals surface area contributed by atoms with E-state index in [1.807, 2.05) is 60.7 Å². The number of hydrogen-bond donors (Lipinski definition) is 1. The summed E-state index contributed by atoms with van der Waals surface area (Å²) in [6.07, 6.45) is -2.75. The quantitative estimate of drug-likeness (QED) is 0.548. The number of esters is 1. The topological polar surface area (TPSA) is 92.3 Å². The molecule has 0 aliphatic carbocycles. The number of carbonyl (C=O) groups excluding carboxylic acids is 2. The lowest BCUT2D eigenvalue weighted by Gasteiger charge is -2.45. The van der Waals surface area contributed by atoms with E-state index in [0.717, 1.165) is 11.1 Å². The van der Waals surface area contributed by atoms with Gasteiger partial charge in [0.15, 0.2) is 6.29 Å². The molecular weight excluding hydrogens is 426 g/mol. The van der Waals surface area contributed by atoms with Crippen LogP contribution in [0.2, 0.25) is 0 Å². The van der Waals surface area contributed by atoms with Gasteiger partial charge in [-0.3, -0.25) is 9.59 Å². The van der Waals surface area contributed by atoms with Crippen LogP contribution in [0.4, 0.5) is 0 Å². The summed E-state index contributed by atoms with van der Waals surface area (Å²) in [4.78, 5) is 23.5. The Labute approximate surface area is 194 Å². The Morgan fingerprint density at radius 3 is 1.91 bits per heavy atom. The Morgan fingerprint density at radius 2 is 1.42 bits per heavy atom. The summed E-state index contributed by atoms with van der Waals surface area (Å²) < 4.78 is 29.4. The van der Waals surface area contributed by atoms with E-state index >= 15 is 0 Å². The van der Waals surface area contributed by atoms with E-state index < -0.39 is 36.6 Å². The van der Waals surface area contributed by atoms with Crippen LogP contribution in [0.15, 0.2) is 60.7 Å². The summed E-state index contributed by atoms with van der Waals surface area (Å²) in [6, 6.07) is 18.8. The number of hydrogen-bond acceptors (Lipinski definition) is 7. The highest BCUT2D eigenvalue weighted by Gasteiger charge is 2.48. The van der Waals surface area contributed by atoms with E-state index in [1.54, 1.807) is 0 Å². The van der Waals surface area contributed by atoms with Crippen molar-refractivity contribution < 1.29 is 33.3 Å². The zero-order valence-corrected chi connectivity index (χ0v) is 19.1. The van der Waals surface area contributed by atoms with Crippen molar-refractivity contribution in [2.24, 2.45) is 0 Å². The zero-order chi connectivity index (χ0) is 23.6. The van der Waals surface area contributed by atoms with Gasteiger partial charge in [0.25, 0.3) is 0 Å². The van der Waals surface area contributed by atoms with Crippen molar-refractivity contribution in [3.63, 3.8) is 0 Å². The number of benzene rings is 2. The Hall–Kier alpha value is -2.78. The maximum Gasteiger partial charge on any atom is 0.302 e. The minimum Gasteiger partial charge on any atom is -0.463 e. The fraction of sp³-hybridized carbons (Fsp3) is 0.440. The molecule has 0 unspecified atom stereocenters. The molecule has 0 bridgehead atoms. The fourth-order valence-electron chi connectivity index (χ4n) is 3.75. The standard InChI is InChI=1S/C25H31NO7/c1-17(27)26-22-21(16-30-18(2)28)33-25(29-3)24(32-15-20-12-8-5-9-13-20)23(22)31-14-19-10-6-4-7-11-19/h4-13,21-25H,14-16H2,1-3H3,(H,26,27)/t21-,22+,23+,24+,25+/m1/s1. The van der Waals surface area contributed by atoms with Crippen molar-refractivity contribution in [1.82, 2.24) is 5.32 Å². The molecule has 8 heteroatoms. The first kappa shape index (κ1) is 24.9. The molecule has 2 aromatic rings. The van der Waals surface area contributed by atoms with E-state index in [1.165, 1.54) is 21.0 Å². The predicted octanol–water partition coefficient (Wildman–Crippen LogP) is 2.60. The van der Waals surface area contributed by atoms with E-state index in [4.69, 9.17) is 23.7 Å². The van der Waals surface area contributed by atoms with Crippen LogP contribution in [-0.2, 0) is 46.5 Å². The third kappa shape index (κ3) is 7.36. The lowest BCUT2D eigenvalue weighted by atomic mass is 9.95. The van der Waals surface area contributed by atoms with Crippen LogP contribution in [0.1, 0.15) is 25.0 Å². The van der Waals surface area contributed by atoms with Crippen molar-refractivity contribution in [2.75, 3.05) is 13.7 Å². The molecule has 1 amide bonds. The van der Waals surface area contributed by atoms with Crippen LogP contribution < -0.4 is 5.32 Å². The second-order valence-electron chi connectivity index (χ2n) is 7.83. The number of ether oxygens (including phenoxy) is 5. The third-order valence-corrected chi connectivity index (χ3v) is 5.28. The van der Waals surface area contributed by atoms with Crippen molar-refractivity contribution >= 4 is 11.9 Å². The average molecular weight is 458 g/mol. The molecule has 1 aliphatic rings. The smallest absolute Gasteiger partial charge is 0.302 e. The van der Waals surface area contributed by atoms with Gasteiger partial charge in [0.1, 0.15) is 24.9 Å². The maximum absolute atomic E-state index is 12.1. The largest absolute Gasteiger partial charge is 0.463 e. The molecule has 1 aliphatic heterocycles. The van der Waals surface area contributed by atoms with Crippen LogP contribution in [0, 0.1) is 0 Å². The molecular formula is C25H31NO7. The maximum atomic E-state index is 12.1. The van der Waals surface area contributed by atoms with Crippen molar-refractivity contribution in [1.29, 1.82) is 0 Å². The first-order valence-corrected chi connectivity index (χ1v) is 10.9. The Kier molecular flexibility index (Phi) is 9.38. The van der Waals surface area contributed by atoms with E-state index in [2.05, 4.69) is 5.32 Å². The van der Waals surface area contributed by atoms with Crippen molar-refractivity contribution in [2.45, 2.75) is 57.7 Å². The van der Waals surface area contributed by atoms with Crippen LogP contribution in [-0.4, -0.2) is 56.2 Å². The van der Waals surface area contributed by atoms with Gasteiger partial charge in [-0.25, -0.2) is 0 Å². The summed E-state index contributed by atoms with van der Waals surface area (Å²) in [5.74, 6) is -0.708. The van der Waals surface area contributed by atoms with Crippen LogP contribution >= 0.6 is 0 Å². The molecule has 0 saturated carbocycles. The van der Waals surface area contributed by atoms with Gasteiger partial charge in [-0.05, 0) is 11.1 Å². The van der Waals surface area contributed by atoms with Gasteiger partial charge in [0.2, 0.25) is 5.91 Å². The average Bonchev–Trinajstić information content (AvgIpc) is 2.82. The lowest BCUT2D eigenvalue weighted by molar-refractivity contribution is -0.293. The minimum absolute atomic E-state index is 0.0588. The van der Waals surface area contributed by atoms with Crippen molar-refractivity contribution in [3.05, 3.63) is 71.8 Å². The molecule has 1 N–H and O–H groups in total. The molecule has 5 atom stereocenters. The third-order valence-electron chi connectivity index (χ3n) is 5.28. The predicted molar refractivity (Wildman–Crippen MR) is 120 cm³/mol. The van der Waals surface area contributed by atoms with Gasteiger partial charge < -0.3 is 29.0 Å². The van der Waals surface area contributed by atoms with Crippen molar-refractivity contribution in [3.8, 4) is 0 Å². The molecule has 2 aromatic carbocycles. The molecule has 3 rings (SSSR count). The van der Waals surface area contributed by atoms with Gasteiger partial charge in [-0.15, -0.1) is 0 Å². The SMILES string of the molecule is CO[C@H]1O[C@H](COC(C)=O)[C@H](NC(C)=O)[C@H](OCc2ccccc2)[C@@H]1OCc1ccccc1. The highest BCUT2D eigenvalue weighted by molar-refractivity contribution is 5.73. The molecule has 33 heavy (non-hydrogen) atoms. The number of rotatable bonds is 10. The lowest BCUT2D eigenvalue weighted by Crippen LogP contribution is -2.66. The normalized spacial score (nSPS) is 24.8. The second kappa shape index (κ2) is 12.5. The highest BCUT2D eigenvalue weighted by atomic mass is 16.7. The van der Waals surface area contributed by atoms with Crippen LogP contribution in [0.25, 0.3) is 0 Å². The molecule has 8 nitrogen and oxygen atoms in total. The van der Waals surface area contributed by atoms with Gasteiger partial charge in [0, 0.05) is 21.0 Å². The van der Waals surface area contributed by atoms with E-state index in [-0.39, 0.29) is 12.5 Å². The fourth-order valence-corrected chi connectivity index (χ4v) is 3.75. The number of nitrogens with one attached hydrogen (secondary N) is 1. The summed E-state index contributed by atoms with van der Waals surface area (Å²) in [5.41, 5.74) is 1.95. The first-order chi connectivity index (χ1) is 16.0. The summed E-state index contributed by atoms with van der Waals surface area (Å²) in [6.45, 7) is 3.28. The van der Waals surface area contributed by atoms with Crippen LogP contribution in [0.5, 0.6) is 0 Å². The molecule has 1 saturated heterocycles. The summed E-state index contributed by atoms with van der Waals surface area (Å²) in [7, 11) is 1.51. The van der Waals surface area contributed by atoms with E-state index in [9.17, 15) is 9.59 Å². The molecule has 0 radical (unpaired) electrons. The van der Waals surface area contributed by atoms with Gasteiger partial charge >= 0.3 is 5.97 Å². The van der Waals surface area contributed by atoms with Gasteiger partial charge in [-0.1, -0.05) is 60.7 Å². The Bertz CT molecular complexity index is 877. The molecule has 1 heterocycles. The first-order valence-electron chi connectivity index (χ1n) is 10.9. The number of carbonyl (C=O) groups is 2. The zero-order valence-electron chi connectivity index (χ0n) is 19.1. The minimum atomic E-state index is -0.792. The van der Waals surface area contributed by atoms with Gasteiger partial charge in [0.05, 0.1) is 19.3 Å². The highest BCUT2D eigenvalue weighted by Crippen LogP contribution is 2.28. The van der Waals surface area contributed by atoms with Crippen LogP contribution in [0.3, 0.4) is 0 Å². The second-order valence-corrected chi connectivity index (χ2v) is 7.83. The number of amides is 1. The molecule has 1 fully saturated rings. The Balaban J connectivity index is 1.86. The molecule has 0 aromatic heterocycles. The summed E-state index contributed by atoms with van der Waals surface area (Å²) >= 11 is 0. The van der Waals surface area contributed by atoms with Gasteiger partial charge in [-0.2, -0.15) is 0 Å². The Morgan fingerprint density at radius 1 is 0.879 bits per heavy atom. The summed E-state index contributed by atoms with van der Waals surface area (Å²) in [5, 5.41) is 2.90. The van der Waals surface area contributed by atoms with E-state index in [0.29, 0.717) is 13.2 Å².